The molecule has 6 heteroatoms. The van der Waals surface area contributed by atoms with Crippen molar-refractivity contribution in [1.29, 1.82) is 0 Å². The molecule has 1 amide bonds. The molecule has 0 saturated carbocycles. The second-order valence-electron chi connectivity index (χ2n) is 6.36. The highest BCUT2D eigenvalue weighted by Crippen LogP contribution is 2.39. The van der Waals surface area contributed by atoms with Crippen LogP contribution in [0.4, 0.5) is 0 Å². The molecule has 1 spiro atoms. The van der Waals surface area contributed by atoms with Gasteiger partial charge in [0.2, 0.25) is 5.91 Å². The van der Waals surface area contributed by atoms with Crippen molar-refractivity contribution in [2.24, 2.45) is 5.41 Å². The smallest absolute Gasteiger partial charge is 0.223 e. The molecular weight excluding hydrogens is 276 g/mol. The van der Waals surface area contributed by atoms with Crippen LogP contribution < -0.4 is 5.32 Å². The summed E-state index contributed by atoms with van der Waals surface area (Å²) in [4.78, 5) is 14.0. The van der Waals surface area contributed by atoms with Crippen LogP contribution in [0.5, 0.6) is 0 Å². The summed E-state index contributed by atoms with van der Waals surface area (Å²) in [6, 6.07) is 0. The van der Waals surface area contributed by atoms with Gasteiger partial charge in [0.1, 0.15) is 9.84 Å². The van der Waals surface area contributed by atoms with E-state index in [1.165, 1.54) is 25.5 Å². The average Bonchev–Trinajstić information content (AvgIpc) is 2.59. The van der Waals surface area contributed by atoms with Crippen molar-refractivity contribution in [3.63, 3.8) is 0 Å². The van der Waals surface area contributed by atoms with Crippen molar-refractivity contribution in [3.05, 3.63) is 0 Å². The van der Waals surface area contributed by atoms with E-state index < -0.39 is 9.84 Å². The summed E-state index contributed by atoms with van der Waals surface area (Å²) in [6.07, 6.45) is 7.05. The first-order valence-electron chi connectivity index (χ1n) is 7.57. The van der Waals surface area contributed by atoms with Crippen LogP contribution in [0.3, 0.4) is 0 Å². The highest BCUT2D eigenvalue weighted by molar-refractivity contribution is 7.90. The maximum atomic E-state index is 12.1. The number of likely N-dealkylation sites (tertiary alicyclic amines) is 1. The number of carbonyl (C=O) groups is 1. The summed E-state index contributed by atoms with van der Waals surface area (Å²) in [5.41, 5.74) is 0.414. The Balaban J connectivity index is 1.87. The van der Waals surface area contributed by atoms with Crippen molar-refractivity contribution in [2.75, 3.05) is 38.2 Å². The number of piperidine rings is 1. The van der Waals surface area contributed by atoms with Crippen molar-refractivity contribution >= 4 is 15.7 Å². The Bertz CT molecular complexity index is 441. The maximum Gasteiger partial charge on any atom is 0.223 e. The molecule has 0 aromatic rings. The predicted octanol–water partition coefficient (Wildman–Crippen LogP) is 0.803. The van der Waals surface area contributed by atoms with Gasteiger partial charge in [-0.2, -0.15) is 0 Å². The Morgan fingerprint density at radius 1 is 1.15 bits per heavy atom. The number of hydrogen-bond donors (Lipinski definition) is 1. The van der Waals surface area contributed by atoms with Crippen molar-refractivity contribution in [2.45, 2.75) is 38.5 Å². The minimum absolute atomic E-state index is 0.00131. The summed E-state index contributed by atoms with van der Waals surface area (Å²) in [5, 5.41) is 3.40. The van der Waals surface area contributed by atoms with Gasteiger partial charge in [-0.1, -0.05) is 0 Å². The number of amides is 1. The lowest BCUT2D eigenvalue weighted by molar-refractivity contribution is -0.130. The van der Waals surface area contributed by atoms with E-state index in [0.29, 0.717) is 5.41 Å². The summed E-state index contributed by atoms with van der Waals surface area (Å²) in [7, 11) is -3.05. The van der Waals surface area contributed by atoms with E-state index in [1.54, 1.807) is 0 Å². The fraction of sp³-hybridized carbons (Fsp3) is 0.929. The molecule has 0 aromatic carbocycles. The second kappa shape index (κ2) is 6.43. The van der Waals surface area contributed by atoms with Crippen molar-refractivity contribution in [3.8, 4) is 0 Å². The second-order valence-corrected chi connectivity index (χ2v) is 8.62. The molecule has 1 N–H and O–H groups in total. The third-order valence-corrected chi connectivity index (χ3v) is 5.70. The van der Waals surface area contributed by atoms with E-state index >= 15 is 0 Å². The molecule has 0 unspecified atom stereocenters. The molecule has 5 nitrogen and oxygen atoms in total. The lowest BCUT2D eigenvalue weighted by Crippen LogP contribution is -2.38. The quantitative estimate of drug-likeness (QED) is 0.837. The molecule has 2 aliphatic heterocycles. The van der Waals surface area contributed by atoms with Gasteiger partial charge >= 0.3 is 0 Å². The Morgan fingerprint density at radius 2 is 1.85 bits per heavy atom. The molecule has 2 saturated heterocycles. The number of rotatable bonds is 3. The zero-order valence-corrected chi connectivity index (χ0v) is 13.2. The van der Waals surface area contributed by atoms with Crippen LogP contribution in [0.15, 0.2) is 0 Å². The predicted molar refractivity (Wildman–Crippen MR) is 79.3 cm³/mol. The van der Waals surface area contributed by atoms with Gasteiger partial charge in [0.15, 0.2) is 0 Å². The minimum atomic E-state index is -3.05. The van der Waals surface area contributed by atoms with Gasteiger partial charge in [-0.05, 0) is 50.6 Å². The first kappa shape index (κ1) is 15.8. The van der Waals surface area contributed by atoms with Crippen LogP contribution in [0.1, 0.15) is 38.5 Å². The van der Waals surface area contributed by atoms with Gasteiger partial charge in [-0.15, -0.1) is 0 Å². The Kier molecular flexibility index (Phi) is 5.07. The third-order valence-electron chi connectivity index (χ3n) is 4.75. The van der Waals surface area contributed by atoms with Crippen LogP contribution in [0, 0.1) is 5.41 Å². The summed E-state index contributed by atoms with van der Waals surface area (Å²) >= 11 is 0. The van der Waals surface area contributed by atoms with E-state index in [0.717, 1.165) is 39.0 Å². The lowest BCUT2D eigenvalue weighted by Gasteiger charge is -2.37. The van der Waals surface area contributed by atoms with Crippen molar-refractivity contribution < 1.29 is 13.2 Å². The molecule has 0 radical (unpaired) electrons. The van der Waals surface area contributed by atoms with Gasteiger partial charge in [0.05, 0.1) is 5.75 Å². The summed E-state index contributed by atoms with van der Waals surface area (Å²) in [5.74, 6) is -0.0291. The summed E-state index contributed by atoms with van der Waals surface area (Å²) < 4.78 is 22.3. The highest BCUT2D eigenvalue weighted by atomic mass is 32.2. The molecule has 20 heavy (non-hydrogen) atoms. The van der Waals surface area contributed by atoms with E-state index in [1.807, 2.05) is 4.90 Å². The first-order chi connectivity index (χ1) is 9.40. The van der Waals surface area contributed by atoms with Crippen molar-refractivity contribution in [1.82, 2.24) is 10.2 Å². The van der Waals surface area contributed by atoms with E-state index in [-0.39, 0.29) is 18.1 Å². The van der Waals surface area contributed by atoms with Gasteiger partial charge < -0.3 is 10.2 Å². The highest BCUT2D eigenvalue weighted by Gasteiger charge is 2.34. The number of carbonyl (C=O) groups excluding carboxylic acids is 1. The topological polar surface area (TPSA) is 66.5 Å². The fourth-order valence-corrected chi connectivity index (χ4v) is 3.94. The normalized spacial score (nSPS) is 23.6. The molecule has 2 fully saturated rings. The van der Waals surface area contributed by atoms with E-state index in [9.17, 15) is 13.2 Å². The minimum Gasteiger partial charge on any atom is -0.343 e. The zero-order chi connectivity index (χ0) is 14.6. The standard InChI is InChI=1S/C14H26N2O3S/c1-20(18,19)12-3-13(17)16-10-2-4-14(7-11-16)5-8-15-9-6-14/h15H,2-12H2,1H3. The largest absolute Gasteiger partial charge is 0.343 e. The Labute approximate surface area is 122 Å². The zero-order valence-electron chi connectivity index (χ0n) is 12.4. The maximum absolute atomic E-state index is 12.1. The van der Waals surface area contributed by atoms with Crippen LogP contribution in [0.2, 0.25) is 0 Å². The molecule has 2 rings (SSSR count). The number of hydrogen-bond acceptors (Lipinski definition) is 4. The lowest BCUT2D eigenvalue weighted by atomic mass is 9.73. The monoisotopic (exact) mass is 302 g/mol. The van der Waals surface area contributed by atoms with E-state index in [4.69, 9.17) is 0 Å². The molecule has 0 aliphatic carbocycles. The molecular formula is C14H26N2O3S. The Morgan fingerprint density at radius 3 is 2.50 bits per heavy atom. The molecule has 116 valence electrons. The molecule has 0 aromatic heterocycles. The van der Waals surface area contributed by atoms with Crippen LogP contribution in [-0.4, -0.2) is 57.4 Å². The van der Waals surface area contributed by atoms with Crippen LogP contribution in [-0.2, 0) is 14.6 Å². The first-order valence-corrected chi connectivity index (χ1v) is 9.63. The Hall–Kier alpha value is -0.620. The number of nitrogens with one attached hydrogen (secondary N) is 1. The molecule has 0 bridgehead atoms. The molecule has 0 atom stereocenters. The molecule has 2 aliphatic rings. The van der Waals surface area contributed by atoms with Crippen LogP contribution in [0.25, 0.3) is 0 Å². The average molecular weight is 302 g/mol. The number of nitrogens with zero attached hydrogens (tertiary/aromatic N) is 1. The summed E-state index contributed by atoms with van der Waals surface area (Å²) in [6.45, 7) is 3.75. The fourth-order valence-electron chi connectivity index (χ4n) is 3.39. The third kappa shape index (κ3) is 4.45. The van der Waals surface area contributed by atoms with Crippen LogP contribution >= 0.6 is 0 Å². The SMILES string of the molecule is CS(=O)(=O)CCC(=O)N1CCCC2(CCNCC2)CC1. The molecule has 2 heterocycles. The van der Waals surface area contributed by atoms with Gasteiger partial charge in [0.25, 0.3) is 0 Å². The van der Waals surface area contributed by atoms with E-state index in [2.05, 4.69) is 5.32 Å². The van der Waals surface area contributed by atoms with Gasteiger partial charge in [0, 0.05) is 25.8 Å². The van der Waals surface area contributed by atoms with Gasteiger partial charge in [-0.3, -0.25) is 4.79 Å². The number of sulfone groups is 1. The van der Waals surface area contributed by atoms with Gasteiger partial charge in [-0.25, -0.2) is 8.42 Å².